The number of aromatic nitrogens is 1. The van der Waals surface area contributed by atoms with E-state index in [0.29, 0.717) is 5.92 Å². The smallest absolute Gasteiger partial charge is 0.0483 e. The highest BCUT2D eigenvalue weighted by Gasteiger charge is 2.20. The zero-order valence-electron chi connectivity index (χ0n) is 9.74. The Kier molecular flexibility index (Phi) is 2.44. The van der Waals surface area contributed by atoms with E-state index in [-0.39, 0.29) is 0 Å². The first kappa shape index (κ1) is 9.91. The average Bonchev–Trinajstić information content (AvgIpc) is 2.95. The molecule has 1 saturated heterocycles. The third-order valence-electron chi connectivity index (χ3n) is 3.66. The van der Waals surface area contributed by atoms with Crippen LogP contribution in [0.1, 0.15) is 24.8 Å². The maximum atomic E-state index is 3.45. The number of nitrogens with one attached hydrogen (secondary N) is 1. The lowest BCUT2D eigenvalue weighted by Crippen LogP contribution is -2.07. The van der Waals surface area contributed by atoms with Crippen molar-refractivity contribution in [2.75, 3.05) is 13.1 Å². The lowest BCUT2D eigenvalue weighted by Gasteiger charge is -2.05. The maximum Gasteiger partial charge on any atom is 0.0483 e. The predicted octanol–water partition coefficient (Wildman–Crippen LogP) is 2.74. The molecule has 1 aromatic heterocycles. The Morgan fingerprint density at radius 1 is 1.38 bits per heavy atom. The molecule has 1 fully saturated rings. The number of hydrogen-bond acceptors (Lipinski definition) is 1. The highest BCUT2D eigenvalue weighted by Crippen LogP contribution is 2.31. The number of hydrogen-bond donors (Lipinski definition) is 1. The molecule has 0 aliphatic carbocycles. The zero-order valence-corrected chi connectivity index (χ0v) is 9.74. The molecular formula is C14H18N2. The lowest BCUT2D eigenvalue weighted by atomic mass is 9.98. The number of nitrogens with zero attached hydrogens (tertiary/aromatic N) is 1. The fourth-order valence-corrected chi connectivity index (χ4v) is 2.78. The van der Waals surface area contributed by atoms with Gasteiger partial charge in [0.05, 0.1) is 0 Å². The normalized spacial score (nSPS) is 20.7. The summed E-state index contributed by atoms with van der Waals surface area (Å²) in [6.07, 6.45) is 3.63. The van der Waals surface area contributed by atoms with Gasteiger partial charge in [0.15, 0.2) is 0 Å². The second-order valence-corrected chi connectivity index (χ2v) is 4.58. The number of para-hydroxylation sites is 1. The van der Waals surface area contributed by atoms with Gasteiger partial charge in [0.1, 0.15) is 0 Å². The van der Waals surface area contributed by atoms with Crippen LogP contribution >= 0.6 is 0 Å². The van der Waals surface area contributed by atoms with Crippen LogP contribution < -0.4 is 5.32 Å². The molecule has 2 aromatic rings. The predicted molar refractivity (Wildman–Crippen MR) is 67.8 cm³/mol. The number of fused-ring (bicyclic) bond motifs is 1. The van der Waals surface area contributed by atoms with Crippen LogP contribution in [0.4, 0.5) is 0 Å². The summed E-state index contributed by atoms with van der Waals surface area (Å²) >= 11 is 0. The van der Waals surface area contributed by atoms with Crippen molar-refractivity contribution >= 4 is 10.9 Å². The molecule has 1 unspecified atom stereocenters. The summed E-state index contributed by atoms with van der Waals surface area (Å²) in [7, 11) is 0. The first-order valence-electron chi connectivity index (χ1n) is 6.18. The average molecular weight is 214 g/mol. The molecule has 84 valence electrons. The Bertz CT molecular complexity index is 492. The van der Waals surface area contributed by atoms with Gasteiger partial charge in [-0.05, 0) is 37.4 Å². The monoisotopic (exact) mass is 214 g/mol. The second kappa shape index (κ2) is 3.95. The molecular weight excluding hydrogens is 196 g/mol. The number of benzene rings is 1. The van der Waals surface area contributed by atoms with Gasteiger partial charge >= 0.3 is 0 Å². The Hall–Kier alpha value is -1.28. The highest BCUT2D eigenvalue weighted by molar-refractivity contribution is 5.84. The molecule has 0 radical (unpaired) electrons. The van der Waals surface area contributed by atoms with E-state index in [2.05, 4.69) is 47.3 Å². The molecule has 2 heterocycles. The first-order chi connectivity index (χ1) is 7.90. The Labute approximate surface area is 96.3 Å². The van der Waals surface area contributed by atoms with Gasteiger partial charge in [0.25, 0.3) is 0 Å². The van der Waals surface area contributed by atoms with E-state index in [9.17, 15) is 0 Å². The molecule has 2 nitrogen and oxygen atoms in total. The molecule has 1 N–H and O–H groups in total. The molecule has 1 aliphatic rings. The van der Waals surface area contributed by atoms with Crippen molar-refractivity contribution in [3.8, 4) is 0 Å². The third-order valence-corrected chi connectivity index (χ3v) is 3.66. The van der Waals surface area contributed by atoms with Crippen LogP contribution in [0, 0.1) is 0 Å². The van der Waals surface area contributed by atoms with Gasteiger partial charge in [-0.2, -0.15) is 0 Å². The minimum absolute atomic E-state index is 0.706. The van der Waals surface area contributed by atoms with Crippen LogP contribution in [0.5, 0.6) is 0 Å². The highest BCUT2D eigenvalue weighted by atomic mass is 15.0. The van der Waals surface area contributed by atoms with Crippen LogP contribution in [-0.2, 0) is 6.54 Å². The van der Waals surface area contributed by atoms with Crippen molar-refractivity contribution in [1.29, 1.82) is 0 Å². The molecule has 0 saturated carbocycles. The van der Waals surface area contributed by atoms with E-state index in [4.69, 9.17) is 0 Å². The van der Waals surface area contributed by atoms with Crippen LogP contribution in [0.3, 0.4) is 0 Å². The molecule has 1 atom stereocenters. The van der Waals surface area contributed by atoms with Crippen LogP contribution in [-0.4, -0.2) is 17.7 Å². The van der Waals surface area contributed by atoms with Crippen molar-refractivity contribution < 1.29 is 0 Å². The minimum Gasteiger partial charge on any atom is -0.347 e. The largest absolute Gasteiger partial charge is 0.347 e. The summed E-state index contributed by atoms with van der Waals surface area (Å²) in [4.78, 5) is 0. The van der Waals surface area contributed by atoms with Crippen molar-refractivity contribution in [2.45, 2.75) is 25.8 Å². The molecule has 2 heteroatoms. The topological polar surface area (TPSA) is 17.0 Å². The van der Waals surface area contributed by atoms with Crippen molar-refractivity contribution in [1.82, 2.24) is 9.88 Å². The van der Waals surface area contributed by atoms with Gasteiger partial charge in [-0.3, -0.25) is 0 Å². The molecule has 1 aromatic carbocycles. The van der Waals surface area contributed by atoms with Crippen molar-refractivity contribution in [3.05, 3.63) is 36.0 Å². The van der Waals surface area contributed by atoms with Crippen molar-refractivity contribution in [2.24, 2.45) is 0 Å². The summed E-state index contributed by atoms with van der Waals surface area (Å²) < 4.78 is 2.36. The quantitative estimate of drug-likeness (QED) is 0.813. The van der Waals surface area contributed by atoms with Gasteiger partial charge < -0.3 is 9.88 Å². The fraction of sp³-hybridized carbons (Fsp3) is 0.429. The van der Waals surface area contributed by atoms with Crippen LogP contribution in [0.2, 0.25) is 0 Å². The van der Waals surface area contributed by atoms with E-state index in [1.165, 1.54) is 22.9 Å². The van der Waals surface area contributed by atoms with Crippen LogP contribution in [0.15, 0.2) is 30.5 Å². The summed E-state index contributed by atoms with van der Waals surface area (Å²) in [6.45, 7) is 5.57. The summed E-state index contributed by atoms with van der Waals surface area (Å²) in [5.74, 6) is 0.706. The molecule has 0 spiro atoms. The Morgan fingerprint density at radius 2 is 2.25 bits per heavy atom. The van der Waals surface area contributed by atoms with E-state index in [0.717, 1.165) is 19.6 Å². The van der Waals surface area contributed by atoms with Crippen molar-refractivity contribution in [3.63, 3.8) is 0 Å². The maximum absolute atomic E-state index is 3.45. The standard InChI is InChI=1S/C14H18N2/c1-2-16-10-13(11-7-8-15-9-11)12-5-3-4-6-14(12)16/h3-6,10-11,15H,2,7-9H2,1H3. The molecule has 16 heavy (non-hydrogen) atoms. The van der Waals surface area contributed by atoms with Gasteiger partial charge in [-0.1, -0.05) is 18.2 Å². The van der Waals surface area contributed by atoms with Gasteiger partial charge in [0.2, 0.25) is 0 Å². The van der Waals surface area contributed by atoms with Gasteiger partial charge in [-0.25, -0.2) is 0 Å². The Morgan fingerprint density at radius 3 is 3.00 bits per heavy atom. The summed E-state index contributed by atoms with van der Waals surface area (Å²) in [6, 6.07) is 8.76. The SMILES string of the molecule is CCn1cc(C2CCNC2)c2ccccc21. The van der Waals surface area contributed by atoms with Gasteiger partial charge in [-0.15, -0.1) is 0 Å². The van der Waals surface area contributed by atoms with E-state index >= 15 is 0 Å². The van der Waals surface area contributed by atoms with Gasteiger partial charge in [0, 0.05) is 30.2 Å². The zero-order chi connectivity index (χ0) is 11.0. The van der Waals surface area contributed by atoms with E-state index < -0.39 is 0 Å². The Balaban J connectivity index is 2.16. The van der Waals surface area contributed by atoms with Crippen LogP contribution in [0.25, 0.3) is 10.9 Å². The summed E-state index contributed by atoms with van der Waals surface area (Å²) in [5.41, 5.74) is 2.91. The molecule has 3 rings (SSSR count). The number of aryl methyl sites for hydroxylation is 1. The minimum atomic E-state index is 0.706. The summed E-state index contributed by atoms with van der Waals surface area (Å²) in [5, 5.41) is 4.90. The fourth-order valence-electron chi connectivity index (χ4n) is 2.78. The second-order valence-electron chi connectivity index (χ2n) is 4.58. The van der Waals surface area contributed by atoms with E-state index in [1.807, 2.05) is 0 Å². The molecule has 0 bridgehead atoms. The molecule has 0 amide bonds. The molecule has 1 aliphatic heterocycles. The van der Waals surface area contributed by atoms with E-state index in [1.54, 1.807) is 0 Å². The lowest BCUT2D eigenvalue weighted by molar-refractivity contribution is 0.745. The third kappa shape index (κ3) is 1.45. The number of rotatable bonds is 2. The first-order valence-corrected chi connectivity index (χ1v) is 6.18.